The molecule has 0 aliphatic carbocycles. The first kappa shape index (κ1) is 13.1. The van der Waals surface area contributed by atoms with E-state index in [9.17, 15) is 0 Å². The van der Waals surface area contributed by atoms with Gasteiger partial charge in [0.05, 0.1) is 11.1 Å². The molecule has 0 heterocycles. The van der Waals surface area contributed by atoms with Gasteiger partial charge in [-0.25, -0.2) is 0 Å². The highest BCUT2D eigenvalue weighted by molar-refractivity contribution is 9.10. The van der Waals surface area contributed by atoms with Crippen molar-refractivity contribution in [1.29, 1.82) is 0 Å². The molecule has 0 radical (unpaired) electrons. The summed E-state index contributed by atoms with van der Waals surface area (Å²) in [5.74, 6) is 0.787. The standard InChI is InChI=1S/C15H15BrO2/c1-11-4-2-3-5-13(11)10-18-15-7-6-12(9-17)8-14(15)16/h2-8,17H,9-10H2,1H3. The monoisotopic (exact) mass is 306 g/mol. The van der Waals surface area contributed by atoms with Crippen molar-refractivity contribution in [1.82, 2.24) is 0 Å². The van der Waals surface area contributed by atoms with E-state index in [1.54, 1.807) is 0 Å². The number of halogens is 1. The summed E-state index contributed by atoms with van der Waals surface area (Å²) in [4.78, 5) is 0. The van der Waals surface area contributed by atoms with E-state index in [-0.39, 0.29) is 6.61 Å². The van der Waals surface area contributed by atoms with Crippen LogP contribution in [0.5, 0.6) is 5.75 Å². The van der Waals surface area contributed by atoms with Crippen LogP contribution in [0.25, 0.3) is 0 Å². The number of hydrogen-bond acceptors (Lipinski definition) is 2. The van der Waals surface area contributed by atoms with Crippen LogP contribution in [0.15, 0.2) is 46.9 Å². The zero-order valence-corrected chi connectivity index (χ0v) is 11.8. The van der Waals surface area contributed by atoms with E-state index in [1.807, 2.05) is 30.3 Å². The van der Waals surface area contributed by atoms with Crippen LogP contribution in [-0.4, -0.2) is 5.11 Å². The molecular formula is C15H15BrO2. The average Bonchev–Trinajstić information content (AvgIpc) is 2.39. The summed E-state index contributed by atoms with van der Waals surface area (Å²) >= 11 is 3.44. The second-order valence-corrected chi connectivity index (χ2v) is 4.99. The molecule has 0 aromatic heterocycles. The quantitative estimate of drug-likeness (QED) is 0.930. The lowest BCUT2D eigenvalue weighted by atomic mass is 10.1. The Kier molecular flexibility index (Phi) is 4.39. The molecule has 0 amide bonds. The maximum atomic E-state index is 9.04. The van der Waals surface area contributed by atoms with E-state index < -0.39 is 0 Å². The Morgan fingerprint density at radius 1 is 1.17 bits per heavy atom. The van der Waals surface area contributed by atoms with Gasteiger partial charge in [0.15, 0.2) is 0 Å². The topological polar surface area (TPSA) is 29.5 Å². The minimum absolute atomic E-state index is 0.0384. The van der Waals surface area contributed by atoms with Gasteiger partial charge < -0.3 is 9.84 Å². The van der Waals surface area contributed by atoms with E-state index >= 15 is 0 Å². The van der Waals surface area contributed by atoms with Crippen LogP contribution in [0.2, 0.25) is 0 Å². The Labute approximate surface area is 115 Å². The summed E-state index contributed by atoms with van der Waals surface area (Å²) in [7, 11) is 0. The summed E-state index contributed by atoms with van der Waals surface area (Å²) in [5, 5.41) is 9.04. The lowest BCUT2D eigenvalue weighted by molar-refractivity contribution is 0.280. The summed E-state index contributed by atoms with van der Waals surface area (Å²) in [5.41, 5.74) is 3.27. The molecule has 2 aromatic carbocycles. The van der Waals surface area contributed by atoms with Gasteiger partial charge in [0.25, 0.3) is 0 Å². The van der Waals surface area contributed by atoms with Crippen LogP contribution >= 0.6 is 15.9 Å². The molecule has 0 spiro atoms. The smallest absolute Gasteiger partial charge is 0.134 e. The number of hydrogen-bond donors (Lipinski definition) is 1. The number of aliphatic hydroxyl groups is 1. The minimum Gasteiger partial charge on any atom is -0.488 e. The second kappa shape index (κ2) is 6.03. The van der Waals surface area contributed by atoms with Gasteiger partial charge in [-0.15, -0.1) is 0 Å². The van der Waals surface area contributed by atoms with Gasteiger partial charge in [0.2, 0.25) is 0 Å². The third kappa shape index (κ3) is 3.12. The molecule has 0 fully saturated rings. The van der Waals surface area contributed by atoms with E-state index in [1.165, 1.54) is 11.1 Å². The highest BCUT2D eigenvalue weighted by Crippen LogP contribution is 2.27. The van der Waals surface area contributed by atoms with E-state index in [2.05, 4.69) is 35.0 Å². The minimum atomic E-state index is 0.0384. The third-order valence-electron chi connectivity index (χ3n) is 2.82. The molecule has 0 aliphatic heterocycles. The lowest BCUT2D eigenvalue weighted by Crippen LogP contribution is -1.98. The third-order valence-corrected chi connectivity index (χ3v) is 3.44. The SMILES string of the molecule is Cc1ccccc1COc1ccc(CO)cc1Br. The van der Waals surface area contributed by atoms with Crippen LogP contribution in [-0.2, 0) is 13.2 Å². The van der Waals surface area contributed by atoms with E-state index in [0.29, 0.717) is 6.61 Å². The summed E-state index contributed by atoms with van der Waals surface area (Å²) < 4.78 is 6.64. The van der Waals surface area contributed by atoms with Crippen molar-refractivity contribution in [2.75, 3.05) is 0 Å². The number of ether oxygens (including phenoxy) is 1. The predicted octanol–water partition coefficient (Wildman–Crippen LogP) is 3.83. The Morgan fingerprint density at radius 2 is 1.94 bits per heavy atom. The number of aryl methyl sites for hydroxylation is 1. The van der Waals surface area contributed by atoms with Gasteiger partial charge in [0, 0.05) is 0 Å². The van der Waals surface area contributed by atoms with Crippen molar-refractivity contribution in [2.24, 2.45) is 0 Å². The Balaban J connectivity index is 2.09. The fraction of sp³-hybridized carbons (Fsp3) is 0.200. The molecule has 2 rings (SSSR count). The molecule has 0 saturated heterocycles. The first-order chi connectivity index (χ1) is 8.70. The van der Waals surface area contributed by atoms with Crippen LogP contribution < -0.4 is 4.74 Å². The van der Waals surface area contributed by atoms with Crippen molar-refractivity contribution in [3.05, 3.63) is 63.6 Å². The number of benzene rings is 2. The van der Waals surface area contributed by atoms with Crippen molar-refractivity contribution >= 4 is 15.9 Å². The van der Waals surface area contributed by atoms with Gasteiger partial charge in [-0.3, -0.25) is 0 Å². The number of aliphatic hydroxyl groups excluding tert-OH is 1. The molecule has 0 aliphatic rings. The summed E-state index contributed by atoms with van der Waals surface area (Å²) in [6.45, 7) is 2.66. The zero-order chi connectivity index (χ0) is 13.0. The molecule has 2 aromatic rings. The molecular weight excluding hydrogens is 292 g/mol. The largest absolute Gasteiger partial charge is 0.488 e. The van der Waals surface area contributed by atoms with Crippen LogP contribution in [0.4, 0.5) is 0 Å². The molecule has 2 nitrogen and oxygen atoms in total. The highest BCUT2D eigenvalue weighted by Gasteiger charge is 2.04. The second-order valence-electron chi connectivity index (χ2n) is 4.14. The van der Waals surface area contributed by atoms with Crippen molar-refractivity contribution in [3.8, 4) is 5.75 Å². The fourth-order valence-electron chi connectivity index (χ4n) is 1.69. The Bertz CT molecular complexity index is 538. The van der Waals surface area contributed by atoms with Gasteiger partial charge in [-0.2, -0.15) is 0 Å². The van der Waals surface area contributed by atoms with E-state index in [0.717, 1.165) is 15.8 Å². The van der Waals surface area contributed by atoms with Gasteiger partial charge in [-0.1, -0.05) is 30.3 Å². The number of rotatable bonds is 4. The van der Waals surface area contributed by atoms with Gasteiger partial charge in [-0.05, 0) is 51.7 Å². The van der Waals surface area contributed by atoms with Crippen LogP contribution in [0.3, 0.4) is 0 Å². The summed E-state index contributed by atoms with van der Waals surface area (Å²) in [6.07, 6.45) is 0. The Morgan fingerprint density at radius 3 is 2.61 bits per heavy atom. The highest BCUT2D eigenvalue weighted by atomic mass is 79.9. The molecule has 18 heavy (non-hydrogen) atoms. The first-order valence-corrected chi connectivity index (χ1v) is 6.56. The molecule has 1 N–H and O–H groups in total. The zero-order valence-electron chi connectivity index (χ0n) is 10.2. The molecule has 0 saturated carbocycles. The fourth-order valence-corrected chi connectivity index (χ4v) is 2.23. The van der Waals surface area contributed by atoms with Gasteiger partial charge >= 0.3 is 0 Å². The Hall–Kier alpha value is -1.32. The van der Waals surface area contributed by atoms with Gasteiger partial charge in [0.1, 0.15) is 12.4 Å². The lowest BCUT2D eigenvalue weighted by Gasteiger charge is -2.10. The maximum Gasteiger partial charge on any atom is 0.134 e. The summed E-state index contributed by atoms with van der Waals surface area (Å²) in [6, 6.07) is 13.8. The van der Waals surface area contributed by atoms with Crippen molar-refractivity contribution in [2.45, 2.75) is 20.1 Å². The van der Waals surface area contributed by atoms with E-state index in [4.69, 9.17) is 9.84 Å². The van der Waals surface area contributed by atoms with Crippen LogP contribution in [0.1, 0.15) is 16.7 Å². The first-order valence-electron chi connectivity index (χ1n) is 5.77. The normalized spacial score (nSPS) is 10.4. The average molecular weight is 307 g/mol. The maximum absolute atomic E-state index is 9.04. The van der Waals surface area contributed by atoms with Crippen LogP contribution in [0, 0.1) is 6.92 Å². The molecule has 3 heteroatoms. The molecule has 0 atom stereocenters. The molecule has 0 unspecified atom stereocenters. The van der Waals surface area contributed by atoms with Crippen molar-refractivity contribution < 1.29 is 9.84 Å². The molecule has 0 bridgehead atoms. The predicted molar refractivity (Wildman–Crippen MR) is 75.6 cm³/mol. The van der Waals surface area contributed by atoms with Crippen molar-refractivity contribution in [3.63, 3.8) is 0 Å². The molecule has 94 valence electrons.